The van der Waals surface area contributed by atoms with Crippen molar-refractivity contribution < 1.29 is 9.53 Å². The minimum atomic E-state index is -0.445. The van der Waals surface area contributed by atoms with Crippen LogP contribution in [0.4, 0.5) is 4.79 Å². The number of aryl methyl sites for hydroxylation is 1. The average molecular weight is 309 g/mol. The summed E-state index contributed by atoms with van der Waals surface area (Å²) in [6.07, 6.45) is 4.93. The predicted molar refractivity (Wildman–Crippen MR) is 89.9 cm³/mol. The molecule has 0 unspecified atom stereocenters. The fraction of sp³-hybridized carbons (Fsp3) is 0.706. The number of nitrogens with zero attached hydrogens (tertiary/aromatic N) is 2. The van der Waals surface area contributed by atoms with Gasteiger partial charge in [-0.15, -0.1) is 0 Å². The Morgan fingerprint density at radius 2 is 2.05 bits per heavy atom. The van der Waals surface area contributed by atoms with Crippen molar-refractivity contribution >= 4 is 6.09 Å². The molecule has 22 heavy (non-hydrogen) atoms. The lowest BCUT2D eigenvalue weighted by Crippen LogP contribution is -2.40. The maximum atomic E-state index is 12.1. The van der Waals surface area contributed by atoms with Crippen LogP contribution in [0.25, 0.3) is 0 Å². The molecule has 0 spiro atoms. The molecule has 0 aliphatic carbocycles. The van der Waals surface area contributed by atoms with E-state index in [-0.39, 0.29) is 6.09 Å². The molecule has 1 aromatic rings. The molecule has 1 rings (SSSR count). The van der Waals surface area contributed by atoms with E-state index in [1.807, 2.05) is 20.8 Å². The fourth-order valence-corrected chi connectivity index (χ4v) is 2.13. The molecule has 0 fully saturated rings. The Labute approximate surface area is 134 Å². The van der Waals surface area contributed by atoms with E-state index in [9.17, 15) is 4.79 Å². The number of carbonyl (C=O) groups excluding carboxylic acids is 1. The number of hydrogen-bond acceptors (Lipinski definition) is 3. The molecule has 0 bridgehead atoms. The molecule has 0 aromatic carbocycles. The van der Waals surface area contributed by atoms with Crippen LogP contribution in [0.2, 0.25) is 0 Å². The van der Waals surface area contributed by atoms with Crippen LogP contribution in [0.15, 0.2) is 18.5 Å². The normalized spacial score (nSPS) is 11.5. The predicted octanol–water partition coefficient (Wildman–Crippen LogP) is 3.24. The highest BCUT2D eigenvalue weighted by molar-refractivity contribution is 5.68. The minimum Gasteiger partial charge on any atom is -0.444 e. The third-order valence-electron chi connectivity index (χ3n) is 3.21. The highest BCUT2D eigenvalue weighted by Gasteiger charge is 2.21. The second-order valence-corrected chi connectivity index (χ2v) is 6.49. The van der Waals surface area contributed by atoms with Gasteiger partial charge in [-0.3, -0.25) is 0 Å². The third kappa shape index (κ3) is 6.98. The molecule has 126 valence electrons. The van der Waals surface area contributed by atoms with E-state index in [1.54, 1.807) is 4.90 Å². The van der Waals surface area contributed by atoms with Crippen LogP contribution in [0.1, 0.15) is 46.6 Å². The second-order valence-electron chi connectivity index (χ2n) is 6.49. The summed E-state index contributed by atoms with van der Waals surface area (Å²) in [6.45, 7) is 13.8. The molecule has 0 radical (unpaired) electrons. The summed E-state index contributed by atoms with van der Waals surface area (Å²) in [5, 5.41) is 3.38. The van der Waals surface area contributed by atoms with E-state index < -0.39 is 5.60 Å². The molecular weight excluding hydrogens is 278 g/mol. The molecule has 0 aliphatic heterocycles. The highest BCUT2D eigenvalue weighted by atomic mass is 16.6. The summed E-state index contributed by atoms with van der Waals surface area (Å²) >= 11 is 0. The van der Waals surface area contributed by atoms with Crippen molar-refractivity contribution in [3.8, 4) is 0 Å². The van der Waals surface area contributed by atoms with E-state index in [2.05, 4.69) is 42.2 Å². The highest BCUT2D eigenvalue weighted by Crippen LogP contribution is 2.10. The number of amides is 1. The van der Waals surface area contributed by atoms with Gasteiger partial charge in [0.25, 0.3) is 0 Å². The molecule has 1 aromatic heterocycles. The van der Waals surface area contributed by atoms with Crippen LogP contribution in [-0.4, -0.2) is 40.8 Å². The molecule has 5 heteroatoms. The molecule has 0 atom stereocenters. The smallest absolute Gasteiger partial charge is 0.410 e. The average Bonchev–Trinajstić information content (AvgIpc) is 2.88. The number of ether oxygens (including phenoxy) is 1. The maximum Gasteiger partial charge on any atom is 0.410 e. The van der Waals surface area contributed by atoms with Gasteiger partial charge in [0.1, 0.15) is 5.60 Å². The van der Waals surface area contributed by atoms with Crippen molar-refractivity contribution in [2.75, 3.05) is 19.6 Å². The fourth-order valence-electron chi connectivity index (χ4n) is 2.13. The van der Waals surface area contributed by atoms with Crippen molar-refractivity contribution in [2.24, 2.45) is 0 Å². The van der Waals surface area contributed by atoms with Gasteiger partial charge in [-0.05, 0) is 45.7 Å². The van der Waals surface area contributed by atoms with Gasteiger partial charge in [0.15, 0.2) is 0 Å². The Bertz CT molecular complexity index is 449. The van der Waals surface area contributed by atoms with Gasteiger partial charge in [0.2, 0.25) is 0 Å². The van der Waals surface area contributed by atoms with Crippen molar-refractivity contribution in [2.45, 2.75) is 59.7 Å². The Balaban J connectivity index is 2.36. The second kappa shape index (κ2) is 8.83. The first-order chi connectivity index (χ1) is 10.4. The van der Waals surface area contributed by atoms with Gasteiger partial charge in [0.05, 0.1) is 0 Å². The van der Waals surface area contributed by atoms with E-state index in [4.69, 9.17) is 4.74 Å². The number of nitrogens with one attached hydrogen (secondary N) is 1. The van der Waals surface area contributed by atoms with Gasteiger partial charge in [-0.25, -0.2) is 4.79 Å². The van der Waals surface area contributed by atoms with Crippen LogP contribution in [0.5, 0.6) is 0 Å². The Morgan fingerprint density at radius 1 is 1.32 bits per heavy atom. The zero-order valence-electron chi connectivity index (χ0n) is 14.7. The molecule has 1 N–H and O–H groups in total. The quantitative estimate of drug-likeness (QED) is 0.750. The first-order valence-electron chi connectivity index (χ1n) is 8.19. The molecule has 5 nitrogen and oxygen atoms in total. The van der Waals surface area contributed by atoms with Gasteiger partial charge in [-0.2, -0.15) is 0 Å². The van der Waals surface area contributed by atoms with E-state index in [0.29, 0.717) is 6.54 Å². The van der Waals surface area contributed by atoms with Crippen molar-refractivity contribution in [1.82, 2.24) is 14.8 Å². The molecule has 1 heterocycles. The van der Waals surface area contributed by atoms with Gasteiger partial charge in [-0.1, -0.05) is 6.92 Å². The van der Waals surface area contributed by atoms with Crippen molar-refractivity contribution in [3.05, 3.63) is 24.0 Å². The van der Waals surface area contributed by atoms with Gasteiger partial charge in [0, 0.05) is 45.1 Å². The number of rotatable bonds is 8. The van der Waals surface area contributed by atoms with Crippen molar-refractivity contribution in [1.29, 1.82) is 0 Å². The van der Waals surface area contributed by atoms with Gasteiger partial charge >= 0.3 is 6.09 Å². The molecule has 1 amide bonds. The number of aromatic nitrogens is 1. The van der Waals surface area contributed by atoms with E-state index in [0.717, 1.165) is 32.6 Å². The van der Waals surface area contributed by atoms with Crippen LogP contribution in [0, 0.1) is 0 Å². The Hall–Kier alpha value is -1.49. The minimum absolute atomic E-state index is 0.228. The van der Waals surface area contributed by atoms with E-state index in [1.165, 1.54) is 5.56 Å². The lowest BCUT2D eigenvalue weighted by atomic mass is 10.2. The summed E-state index contributed by atoms with van der Waals surface area (Å²) in [4.78, 5) is 13.9. The van der Waals surface area contributed by atoms with Crippen molar-refractivity contribution in [3.63, 3.8) is 0 Å². The lowest BCUT2D eigenvalue weighted by molar-refractivity contribution is 0.0252. The van der Waals surface area contributed by atoms with Gasteiger partial charge < -0.3 is 19.5 Å². The van der Waals surface area contributed by atoms with E-state index >= 15 is 0 Å². The first-order valence-corrected chi connectivity index (χ1v) is 8.19. The number of carbonyl (C=O) groups is 1. The van der Waals surface area contributed by atoms with Crippen LogP contribution in [0.3, 0.4) is 0 Å². The lowest BCUT2D eigenvalue weighted by Gasteiger charge is -2.27. The summed E-state index contributed by atoms with van der Waals surface area (Å²) in [6, 6.07) is 2.12. The summed E-state index contributed by atoms with van der Waals surface area (Å²) in [7, 11) is 0. The third-order valence-corrected chi connectivity index (χ3v) is 3.21. The topological polar surface area (TPSA) is 46.5 Å². The Morgan fingerprint density at radius 3 is 2.59 bits per heavy atom. The summed E-state index contributed by atoms with van der Waals surface area (Å²) in [5.74, 6) is 0. The maximum absolute atomic E-state index is 12.1. The zero-order chi connectivity index (χ0) is 16.6. The number of hydrogen-bond donors (Lipinski definition) is 1. The molecule has 0 aliphatic rings. The SMILES string of the molecule is CCCN(CCNCc1ccn(CC)c1)C(=O)OC(C)(C)C. The zero-order valence-corrected chi connectivity index (χ0v) is 14.7. The first kappa shape index (κ1) is 18.6. The standard InChI is InChI=1S/C17H31N3O2/c1-6-10-20(16(21)22-17(3,4)5)12-9-18-13-15-8-11-19(7-2)14-15/h8,11,14,18H,6-7,9-10,12-13H2,1-5H3. The van der Waals surface area contributed by atoms with Crippen LogP contribution >= 0.6 is 0 Å². The van der Waals surface area contributed by atoms with Crippen LogP contribution in [-0.2, 0) is 17.8 Å². The molecule has 0 saturated heterocycles. The molecular formula is C17H31N3O2. The van der Waals surface area contributed by atoms with Crippen LogP contribution < -0.4 is 5.32 Å². The largest absolute Gasteiger partial charge is 0.444 e. The Kier molecular flexibility index (Phi) is 7.45. The monoisotopic (exact) mass is 309 g/mol. The summed E-state index contributed by atoms with van der Waals surface area (Å²) < 4.78 is 7.60. The molecule has 0 saturated carbocycles. The summed E-state index contributed by atoms with van der Waals surface area (Å²) in [5.41, 5.74) is 0.820.